The van der Waals surface area contributed by atoms with Gasteiger partial charge in [-0.05, 0) is 17.7 Å². The third-order valence-electron chi connectivity index (χ3n) is 3.37. The third-order valence-corrected chi connectivity index (χ3v) is 3.37. The van der Waals surface area contributed by atoms with Gasteiger partial charge in [0.2, 0.25) is 0 Å². The molecule has 0 amide bonds. The maximum absolute atomic E-state index is 11.0. The molecular weight excluding hydrogens is 266 g/mol. The lowest BCUT2D eigenvalue weighted by molar-refractivity contribution is 0.112. The molecule has 3 rings (SSSR count). The predicted molar refractivity (Wildman–Crippen MR) is 81.0 cm³/mol. The zero-order valence-corrected chi connectivity index (χ0v) is 11.6. The molecular formula is C17H15NO3. The summed E-state index contributed by atoms with van der Waals surface area (Å²) in [6, 6.07) is 13.6. The van der Waals surface area contributed by atoms with Gasteiger partial charge in [-0.1, -0.05) is 30.3 Å². The topological polar surface area (TPSA) is 51.3 Å². The Morgan fingerprint density at radius 1 is 1.14 bits per heavy atom. The summed E-state index contributed by atoms with van der Waals surface area (Å²) < 4.78 is 11.3. The summed E-state index contributed by atoms with van der Waals surface area (Å²) in [6.45, 7) is 0.462. The fraction of sp³-hybridized carbons (Fsp3) is 0.118. The predicted octanol–water partition coefficient (Wildman–Crippen LogP) is 3.57. The van der Waals surface area contributed by atoms with E-state index in [1.807, 2.05) is 42.5 Å². The van der Waals surface area contributed by atoms with Crippen LogP contribution >= 0.6 is 0 Å². The van der Waals surface area contributed by atoms with Gasteiger partial charge in [-0.15, -0.1) is 0 Å². The molecule has 0 aliphatic carbocycles. The van der Waals surface area contributed by atoms with Crippen LogP contribution in [0.3, 0.4) is 0 Å². The summed E-state index contributed by atoms with van der Waals surface area (Å²) in [6.07, 6.45) is 2.49. The van der Waals surface area contributed by atoms with Crippen molar-refractivity contribution in [2.45, 2.75) is 6.61 Å². The second kappa shape index (κ2) is 5.71. The Kier molecular flexibility index (Phi) is 3.60. The van der Waals surface area contributed by atoms with Crippen molar-refractivity contribution in [1.82, 2.24) is 4.98 Å². The van der Waals surface area contributed by atoms with Crippen LogP contribution in [-0.2, 0) is 6.61 Å². The van der Waals surface area contributed by atoms with Gasteiger partial charge >= 0.3 is 0 Å². The van der Waals surface area contributed by atoms with E-state index in [1.165, 1.54) is 0 Å². The first-order valence-electron chi connectivity index (χ1n) is 6.63. The molecule has 0 saturated heterocycles. The number of nitrogens with one attached hydrogen (secondary N) is 1. The van der Waals surface area contributed by atoms with E-state index >= 15 is 0 Å². The normalized spacial score (nSPS) is 10.5. The van der Waals surface area contributed by atoms with Crippen LogP contribution in [0.1, 0.15) is 15.9 Å². The summed E-state index contributed by atoms with van der Waals surface area (Å²) >= 11 is 0. The number of aromatic amines is 1. The van der Waals surface area contributed by atoms with Crippen molar-refractivity contribution in [1.29, 1.82) is 0 Å². The van der Waals surface area contributed by atoms with Gasteiger partial charge in [0.1, 0.15) is 6.61 Å². The number of ether oxygens (including phenoxy) is 2. The molecule has 1 aromatic heterocycles. The fourth-order valence-corrected chi connectivity index (χ4v) is 2.32. The summed E-state index contributed by atoms with van der Waals surface area (Å²) in [5.41, 5.74) is 2.46. The Balaban J connectivity index is 1.93. The van der Waals surface area contributed by atoms with Crippen molar-refractivity contribution in [2.75, 3.05) is 7.11 Å². The van der Waals surface area contributed by atoms with E-state index in [9.17, 15) is 4.79 Å². The number of fused-ring (bicyclic) bond motifs is 1. The van der Waals surface area contributed by atoms with E-state index in [0.29, 0.717) is 23.7 Å². The number of hydrogen-bond donors (Lipinski definition) is 1. The van der Waals surface area contributed by atoms with Crippen molar-refractivity contribution in [3.63, 3.8) is 0 Å². The number of H-pyrrole nitrogens is 1. The highest BCUT2D eigenvalue weighted by Crippen LogP contribution is 2.36. The zero-order chi connectivity index (χ0) is 14.7. The number of hydrogen-bond acceptors (Lipinski definition) is 3. The van der Waals surface area contributed by atoms with E-state index in [-0.39, 0.29) is 0 Å². The molecule has 0 radical (unpaired) electrons. The molecule has 3 aromatic rings. The first-order valence-corrected chi connectivity index (χ1v) is 6.63. The monoisotopic (exact) mass is 281 g/mol. The maximum Gasteiger partial charge on any atom is 0.184 e. The largest absolute Gasteiger partial charge is 0.491 e. The Hall–Kier alpha value is -2.75. The van der Waals surface area contributed by atoms with E-state index in [0.717, 1.165) is 22.8 Å². The van der Waals surface area contributed by atoms with Crippen LogP contribution in [0.4, 0.5) is 0 Å². The highest BCUT2D eigenvalue weighted by Gasteiger charge is 2.13. The van der Waals surface area contributed by atoms with Gasteiger partial charge in [0, 0.05) is 17.1 Å². The molecule has 21 heavy (non-hydrogen) atoms. The van der Waals surface area contributed by atoms with Crippen LogP contribution in [0.2, 0.25) is 0 Å². The molecule has 1 heterocycles. The highest BCUT2D eigenvalue weighted by molar-refractivity contribution is 6.00. The summed E-state index contributed by atoms with van der Waals surface area (Å²) in [5, 5.41) is 0.828. The molecule has 2 aromatic carbocycles. The Morgan fingerprint density at radius 3 is 2.67 bits per heavy atom. The maximum atomic E-state index is 11.0. The van der Waals surface area contributed by atoms with Crippen LogP contribution in [0.15, 0.2) is 48.7 Å². The van der Waals surface area contributed by atoms with Crippen molar-refractivity contribution < 1.29 is 14.3 Å². The van der Waals surface area contributed by atoms with Crippen LogP contribution in [-0.4, -0.2) is 18.4 Å². The molecule has 0 bridgehead atoms. The number of aldehydes is 1. The average molecular weight is 281 g/mol. The minimum atomic E-state index is 0.462. The summed E-state index contributed by atoms with van der Waals surface area (Å²) in [4.78, 5) is 14.0. The van der Waals surface area contributed by atoms with E-state index in [2.05, 4.69) is 4.98 Å². The second-order valence-corrected chi connectivity index (χ2v) is 4.66. The molecule has 0 saturated carbocycles. The van der Waals surface area contributed by atoms with Crippen molar-refractivity contribution in [3.05, 3.63) is 59.8 Å². The molecule has 1 N–H and O–H groups in total. The van der Waals surface area contributed by atoms with Crippen molar-refractivity contribution >= 4 is 17.2 Å². The second-order valence-electron chi connectivity index (χ2n) is 4.66. The number of carbonyl (C=O) groups is 1. The van der Waals surface area contributed by atoms with Gasteiger partial charge in [-0.2, -0.15) is 0 Å². The fourth-order valence-electron chi connectivity index (χ4n) is 2.32. The van der Waals surface area contributed by atoms with E-state index in [1.54, 1.807) is 13.3 Å². The number of rotatable bonds is 5. The van der Waals surface area contributed by atoms with Gasteiger partial charge < -0.3 is 14.5 Å². The lowest BCUT2D eigenvalue weighted by Gasteiger charge is -2.11. The first-order chi connectivity index (χ1) is 10.3. The molecule has 0 spiro atoms. The van der Waals surface area contributed by atoms with Crippen molar-refractivity contribution in [3.8, 4) is 11.5 Å². The smallest absolute Gasteiger partial charge is 0.184 e. The van der Waals surface area contributed by atoms with E-state index < -0.39 is 0 Å². The lowest BCUT2D eigenvalue weighted by atomic mass is 10.1. The average Bonchev–Trinajstić information content (AvgIpc) is 2.96. The van der Waals surface area contributed by atoms with Crippen LogP contribution < -0.4 is 9.47 Å². The summed E-state index contributed by atoms with van der Waals surface area (Å²) in [7, 11) is 1.59. The first kappa shape index (κ1) is 13.2. The Morgan fingerprint density at radius 2 is 1.95 bits per heavy atom. The quantitative estimate of drug-likeness (QED) is 0.727. The van der Waals surface area contributed by atoms with Crippen LogP contribution in [0.5, 0.6) is 11.5 Å². The Bertz CT molecular complexity index is 762. The minimum absolute atomic E-state index is 0.462. The SMILES string of the molecule is COc1c(OCc2ccccc2)ccc2c(C=O)c[nH]c12. The van der Waals surface area contributed by atoms with Gasteiger partial charge in [-0.3, -0.25) is 4.79 Å². The van der Waals surface area contributed by atoms with Crippen molar-refractivity contribution in [2.24, 2.45) is 0 Å². The molecule has 0 atom stereocenters. The Labute approximate surface area is 122 Å². The highest BCUT2D eigenvalue weighted by atomic mass is 16.5. The van der Waals surface area contributed by atoms with Crippen LogP contribution in [0.25, 0.3) is 10.9 Å². The summed E-state index contributed by atoms with van der Waals surface area (Å²) in [5.74, 6) is 1.25. The number of carbonyl (C=O) groups excluding carboxylic acids is 1. The molecule has 4 nitrogen and oxygen atoms in total. The third kappa shape index (κ3) is 2.48. The molecule has 0 aliphatic heterocycles. The molecule has 4 heteroatoms. The minimum Gasteiger partial charge on any atom is -0.491 e. The number of benzene rings is 2. The molecule has 0 fully saturated rings. The molecule has 0 unspecified atom stereocenters. The van der Waals surface area contributed by atoms with Crippen LogP contribution in [0, 0.1) is 0 Å². The van der Waals surface area contributed by atoms with Gasteiger partial charge in [0.05, 0.1) is 12.6 Å². The van der Waals surface area contributed by atoms with Gasteiger partial charge in [-0.25, -0.2) is 0 Å². The van der Waals surface area contributed by atoms with Gasteiger partial charge in [0.25, 0.3) is 0 Å². The number of methoxy groups -OCH3 is 1. The molecule has 106 valence electrons. The lowest BCUT2D eigenvalue weighted by Crippen LogP contribution is -1.98. The van der Waals surface area contributed by atoms with E-state index in [4.69, 9.17) is 9.47 Å². The zero-order valence-electron chi connectivity index (χ0n) is 11.6. The van der Waals surface area contributed by atoms with Gasteiger partial charge in [0.15, 0.2) is 17.8 Å². The molecule has 0 aliphatic rings. The number of aromatic nitrogens is 1. The standard InChI is InChI=1S/C17H15NO3/c1-20-17-15(21-11-12-5-3-2-4-6-12)8-7-14-13(10-19)9-18-16(14)17/h2-10,18H,11H2,1H3.